The van der Waals surface area contributed by atoms with E-state index in [4.69, 9.17) is 9.05 Å². The number of amides is 1. The SMILES string of the molecule is CC/C=C\C/C=C\C/C=C\C/C=C\CCC(=O)NC(COP(=O)(O)OCC[N+](C)(C)C)C(O)/C=C/CC/C=C/CC/C=C/CCCCCCC. The molecule has 0 bridgehead atoms. The van der Waals surface area contributed by atoms with Crippen LogP contribution in [0.15, 0.2) is 85.1 Å². The lowest BCUT2D eigenvalue weighted by molar-refractivity contribution is -0.870. The van der Waals surface area contributed by atoms with Crippen molar-refractivity contribution in [3.8, 4) is 0 Å². The van der Waals surface area contributed by atoms with Crippen LogP contribution < -0.4 is 5.32 Å². The number of phosphoric ester groups is 1. The second-order valence-corrected chi connectivity index (χ2v) is 15.0. The first-order chi connectivity index (χ1) is 24.0. The fraction of sp³-hybridized carbons (Fsp3) is 0.634. The maximum Gasteiger partial charge on any atom is 0.472 e. The molecule has 8 nitrogen and oxygen atoms in total. The normalized spacial score (nSPS) is 15.6. The Morgan fingerprint density at radius 3 is 1.80 bits per heavy atom. The summed E-state index contributed by atoms with van der Waals surface area (Å²) in [5.41, 5.74) is 0. The van der Waals surface area contributed by atoms with Crippen LogP contribution >= 0.6 is 7.82 Å². The molecule has 0 spiro atoms. The van der Waals surface area contributed by atoms with Gasteiger partial charge in [-0.15, -0.1) is 0 Å². The molecule has 1 amide bonds. The van der Waals surface area contributed by atoms with Crippen LogP contribution in [0.3, 0.4) is 0 Å². The number of aliphatic hydroxyl groups is 1. The predicted molar refractivity (Wildman–Crippen MR) is 212 cm³/mol. The number of allylic oxidation sites excluding steroid dienone is 13. The zero-order chi connectivity index (χ0) is 37.2. The Morgan fingerprint density at radius 2 is 1.22 bits per heavy atom. The van der Waals surface area contributed by atoms with E-state index in [-0.39, 0.29) is 25.5 Å². The fourth-order valence-electron chi connectivity index (χ4n) is 4.55. The summed E-state index contributed by atoms with van der Waals surface area (Å²) >= 11 is 0. The van der Waals surface area contributed by atoms with Crippen molar-refractivity contribution in [2.75, 3.05) is 40.9 Å². The predicted octanol–water partition coefficient (Wildman–Crippen LogP) is 9.85. The highest BCUT2D eigenvalue weighted by Gasteiger charge is 2.27. The van der Waals surface area contributed by atoms with Gasteiger partial charge in [0.2, 0.25) is 5.91 Å². The minimum atomic E-state index is -4.36. The third kappa shape index (κ3) is 34.1. The number of rotatable bonds is 32. The molecule has 3 N–H and O–H groups in total. The summed E-state index contributed by atoms with van der Waals surface area (Å²) in [4.78, 5) is 22.9. The van der Waals surface area contributed by atoms with E-state index in [9.17, 15) is 19.4 Å². The van der Waals surface area contributed by atoms with E-state index in [1.54, 1.807) is 6.08 Å². The van der Waals surface area contributed by atoms with Crippen LogP contribution in [0.25, 0.3) is 0 Å². The Morgan fingerprint density at radius 1 is 0.700 bits per heavy atom. The fourth-order valence-corrected chi connectivity index (χ4v) is 5.29. The summed E-state index contributed by atoms with van der Waals surface area (Å²) in [7, 11) is 1.48. The molecule has 0 rings (SSSR count). The van der Waals surface area contributed by atoms with Crippen molar-refractivity contribution < 1.29 is 32.9 Å². The van der Waals surface area contributed by atoms with Crippen molar-refractivity contribution in [1.82, 2.24) is 5.32 Å². The molecule has 3 atom stereocenters. The average molecular weight is 720 g/mol. The maximum absolute atomic E-state index is 12.7. The summed E-state index contributed by atoms with van der Waals surface area (Å²) in [6.45, 7) is 4.55. The molecule has 9 heteroatoms. The Bertz CT molecular complexity index is 1090. The number of hydrogen-bond acceptors (Lipinski definition) is 5. The van der Waals surface area contributed by atoms with E-state index in [1.807, 2.05) is 39.4 Å². The third-order valence-corrected chi connectivity index (χ3v) is 8.57. The Kier molecular flexibility index (Phi) is 31.1. The summed E-state index contributed by atoms with van der Waals surface area (Å²) in [5, 5.41) is 13.7. The number of aliphatic hydroxyl groups excluding tert-OH is 1. The van der Waals surface area contributed by atoms with Gasteiger partial charge in [0, 0.05) is 6.42 Å². The molecule has 286 valence electrons. The van der Waals surface area contributed by atoms with Gasteiger partial charge in [0.1, 0.15) is 13.2 Å². The van der Waals surface area contributed by atoms with Crippen LogP contribution in [-0.2, 0) is 18.4 Å². The highest BCUT2D eigenvalue weighted by Crippen LogP contribution is 2.43. The third-order valence-electron chi connectivity index (χ3n) is 7.59. The smallest absolute Gasteiger partial charge is 0.387 e. The second kappa shape index (κ2) is 32.6. The van der Waals surface area contributed by atoms with Gasteiger partial charge in [0.25, 0.3) is 0 Å². The number of carbonyl (C=O) groups excluding carboxylic acids is 1. The summed E-state index contributed by atoms with van der Waals surface area (Å²) in [6.07, 6.45) is 43.8. The van der Waals surface area contributed by atoms with Crippen LogP contribution in [0.4, 0.5) is 0 Å². The summed E-state index contributed by atoms with van der Waals surface area (Å²) in [5.74, 6) is -0.277. The molecule has 0 saturated carbocycles. The molecule has 50 heavy (non-hydrogen) atoms. The van der Waals surface area contributed by atoms with Gasteiger partial charge in [0.15, 0.2) is 0 Å². The van der Waals surface area contributed by atoms with Gasteiger partial charge in [0.05, 0.1) is 39.9 Å². The molecule has 0 saturated heterocycles. The second-order valence-electron chi connectivity index (χ2n) is 13.5. The maximum atomic E-state index is 12.7. The van der Waals surface area contributed by atoms with Crippen molar-refractivity contribution in [3.05, 3.63) is 85.1 Å². The van der Waals surface area contributed by atoms with Crippen molar-refractivity contribution in [3.63, 3.8) is 0 Å². The summed E-state index contributed by atoms with van der Waals surface area (Å²) in [6, 6.07) is -0.910. The zero-order valence-corrected chi connectivity index (χ0v) is 33.0. The first-order valence-electron chi connectivity index (χ1n) is 19.0. The topological polar surface area (TPSA) is 105 Å². The number of unbranched alkanes of at least 4 members (excludes halogenated alkanes) is 7. The molecule has 3 unspecified atom stereocenters. The molecule has 0 aliphatic heterocycles. The molecule has 0 aliphatic rings. The number of hydrogen-bond donors (Lipinski definition) is 3. The standard InChI is InChI=1S/C41H71N2O6P/c1-6-8-10-12-14-16-18-20-21-23-24-26-28-30-32-34-40(44)39(38-49-50(46,47)48-37-36-43(3,4)5)42-41(45)35-33-31-29-27-25-22-19-17-15-13-11-9-7-2/h9,11,15,17-18,20,22,24-26,29,31-32,34,39-40,44H,6-8,10,12-14,16,19,21,23,27-28,30,33,35-38H2,1-5H3,(H-,42,45,46,47)/p+1/b11-9-,17-15-,20-18+,25-22-,26-24+,31-29-,34-32+. The van der Waals surface area contributed by atoms with Crippen molar-refractivity contribution in [2.45, 2.75) is 129 Å². The first kappa shape index (κ1) is 47.7. The van der Waals surface area contributed by atoms with Crippen LogP contribution in [-0.4, -0.2) is 73.4 Å². The lowest BCUT2D eigenvalue weighted by Gasteiger charge is -2.25. The lowest BCUT2D eigenvalue weighted by Crippen LogP contribution is -2.45. The molecule has 0 aromatic heterocycles. The van der Waals surface area contributed by atoms with E-state index < -0.39 is 20.0 Å². The number of quaternary nitrogens is 1. The van der Waals surface area contributed by atoms with Gasteiger partial charge in [-0.25, -0.2) is 4.57 Å². The number of carbonyl (C=O) groups is 1. The highest BCUT2D eigenvalue weighted by molar-refractivity contribution is 7.47. The van der Waals surface area contributed by atoms with Crippen LogP contribution in [0.1, 0.15) is 117 Å². The van der Waals surface area contributed by atoms with E-state index in [2.05, 4.69) is 79.9 Å². The van der Waals surface area contributed by atoms with Crippen molar-refractivity contribution in [1.29, 1.82) is 0 Å². The number of phosphoric acid groups is 1. The van der Waals surface area contributed by atoms with Gasteiger partial charge in [-0.3, -0.25) is 13.8 Å². The molecule has 0 heterocycles. The number of likely N-dealkylation sites (N-methyl/N-ethyl adjacent to an activating group) is 1. The molecule has 0 fully saturated rings. The molecule has 0 aromatic rings. The largest absolute Gasteiger partial charge is 0.472 e. The van der Waals surface area contributed by atoms with Gasteiger partial charge >= 0.3 is 7.82 Å². The Balaban J connectivity index is 4.77. The number of nitrogens with one attached hydrogen (secondary N) is 1. The molecule has 0 radical (unpaired) electrons. The monoisotopic (exact) mass is 720 g/mol. The van der Waals surface area contributed by atoms with E-state index in [0.29, 0.717) is 17.4 Å². The van der Waals surface area contributed by atoms with Crippen molar-refractivity contribution in [2.24, 2.45) is 0 Å². The van der Waals surface area contributed by atoms with Gasteiger partial charge < -0.3 is 19.8 Å². The Hall–Kier alpha value is -2.32. The zero-order valence-electron chi connectivity index (χ0n) is 32.1. The molecular formula is C41H72N2O6P+. The lowest BCUT2D eigenvalue weighted by atomic mass is 10.1. The van der Waals surface area contributed by atoms with Gasteiger partial charge in [-0.2, -0.15) is 0 Å². The highest BCUT2D eigenvalue weighted by atomic mass is 31.2. The minimum absolute atomic E-state index is 0.0363. The average Bonchev–Trinajstić information content (AvgIpc) is 3.06. The van der Waals surface area contributed by atoms with E-state index >= 15 is 0 Å². The summed E-state index contributed by atoms with van der Waals surface area (Å²) < 4.78 is 23.4. The Labute approximate surface area is 306 Å². The van der Waals surface area contributed by atoms with Crippen LogP contribution in [0.5, 0.6) is 0 Å². The quantitative estimate of drug-likeness (QED) is 0.0277. The van der Waals surface area contributed by atoms with Crippen LogP contribution in [0.2, 0.25) is 0 Å². The molecule has 0 aliphatic carbocycles. The molecule has 0 aromatic carbocycles. The van der Waals surface area contributed by atoms with Crippen molar-refractivity contribution >= 4 is 13.7 Å². The van der Waals surface area contributed by atoms with E-state index in [1.165, 1.54) is 32.1 Å². The van der Waals surface area contributed by atoms with Gasteiger partial charge in [-0.05, 0) is 70.6 Å². The number of nitrogens with zero attached hydrogens (tertiary/aromatic N) is 1. The van der Waals surface area contributed by atoms with Crippen LogP contribution in [0, 0.1) is 0 Å². The van der Waals surface area contributed by atoms with E-state index in [0.717, 1.165) is 57.8 Å². The minimum Gasteiger partial charge on any atom is -0.387 e. The molecular weight excluding hydrogens is 647 g/mol. The first-order valence-corrected chi connectivity index (χ1v) is 20.5. The van der Waals surface area contributed by atoms with Gasteiger partial charge in [-0.1, -0.05) is 125 Å².